The van der Waals surface area contributed by atoms with Crippen molar-refractivity contribution in [3.8, 4) is 0 Å². The van der Waals surface area contributed by atoms with E-state index >= 15 is 0 Å². The summed E-state index contributed by atoms with van der Waals surface area (Å²) in [5, 5.41) is 3.47. The van der Waals surface area contributed by atoms with Crippen molar-refractivity contribution in [2.24, 2.45) is 11.8 Å². The van der Waals surface area contributed by atoms with Crippen LogP contribution in [0.1, 0.15) is 46.5 Å². The number of nitrogens with one attached hydrogen (secondary N) is 1. The van der Waals surface area contributed by atoms with Gasteiger partial charge in [-0.25, -0.2) is 4.79 Å². The Bertz CT molecular complexity index is 343. The zero-order valence-electron chi connectivity index (χ0n) is 13.4. The maximum atomic E-state index is 12.4. The number of carbonyl (C=O) groups is 1. The molecule has 0 radical (unpaired) electrons. The van der Waals surface area contributed by atoms with E-state index in [9.17, 15) is 4.79 Å². The number of hydrogen-bond acceptors (Lipinski definition) is 4. The Balaban J connectivity index is 2.12. The zero-order chi connectivity index (χ0) is 14.8. The Morgan fingerprint density at radius 1 is 1.35 bits per heavy atom. The first kappa shape index (κ1) is 15.8. The standard InChI is InChI=1S/C16H30N2O2/c1-5-17-16(14-6-7-14,15(19)20-4)11-18-9-8-12(2)10-13(18)3/h12-14,17H,5-11H2,1-4H3. The van der Waals surface area contributed by atoms with Crippen molar-refractivity contribution in [3.05, 3.63) is 0 Å². The molecule has 4 nitrogen and oxygen atoms in total. The van der Waals surface area contributed by atoms with Crippen LogP contribution >= 0.6 is 0 Å². The third kappa shape index (κ3) is 3.17. The van der Waals surface area contributed by atoms with Crippen LogP contribution in [0.3, 0.4) is 0 Å². The monoisotopic (exact) mass is 282 g/mol. The molecule has 1 saturated carbocycles. The van der Waals surface area contributed by atoms with Crippen LogP contribution in [0.2, 0.25) is 0 Å². The lowest BCUT2D eigenvalue weighted by Gasteiger charge is -2.43. The van der Waals surface area contributed by atoms with E-state index < -0.39 is 5.54 Å². The van der Waals surface area contributed by atoms with Crippen LogP contribution in [-0.4, -0.2) is 49.2 Å². The van der Waals surface area contributed by atoms with E-state index in [4.69, 9.17) is 4.74 Å². The number of ether oxygens (including phenoxy) is 1. The molecule has 116 valence electrons. The van der Waals surface area contributed by atoms with E-state index in [1.54, 1.807) is 0 Å². The van der Waals surface area contributed by atoms with Crippen molar-refractivity contribution in [3.63, 3.8) is 0 Å². The van der Waals surface area contributed by atoms with Crippen LogP contribution in [0.5, 0.6) is 0 Å². The second-order valence-electron chi connectivity index (χ2n) is 6.72. The first-order valence-corrected chi connectivity index (χ1v) is 8.11. The van der Waals surface area contributed by atoms with Gasteiger partial charge in [0.05, 0.1) is 7.11 Å². The number of nitrogens with zero attached hydrogens (tertiary/aromatic N) is 1. The minimum Gasteiger partial charge on any atom is -0.468 e. The highest BCUT2D eigenvalue weighted by Gasteiger charge is 2.52. The molecule has 3 unspecified atom stereocenters. The first-order chi connectivity index (χ1) is 9.53. The molecule has 20 heavy (non-hydrogen) atoms. The number of hydrogen-bond donors (Lipinski definition) is 1. The van der Waals surface area contributed by atoms with Gasteiger partial charge in [0.2, 0.25) is 0 Å². The molecule has 0 aromatic rings. The van der Waals surface area contributed by atoms with E-state index in [-0.39, 0.29) is 5.97 Å². The maximum Gasteiger partial charge on any atom is 0.327 e. The quantitative estimate of drug-likeness (QED) is 0.757. The van der Waals surface area contributed by atoms with Gasteiger partial charge in [0.25, 0.3) is 0 Å². The Hall–Kier alpha value is -0.610. The molecule has 1 heterocycles. The smallest absolute Gasteiger partial charge is 0.327 e. The molecule has 0 spiro atoms. The van der Waals surface area contributed by atoms with Crippen molar-refractivity contribution >= 4 is 5.97 Å². The lowest BCUT2D eigenvalue weighted by Crippen LogP contribution is -2.63. The molecule has 0 aromatic carbocycles. The lowest BCUT2D eigenvalue weighted by atomic mass is 9.87. The van der Waals surface area contributed by atoms with Crippen molar-refractivity contribution in [1.29, 1.82) is 0 Å². The Morgan fingerprint density at radius 3 is 2.55 bits per heavy atom. The van der Waals surface area contributed by atoms with E-state index in [1.807, 2.05) is 0 Å². The lowest BCUT2D eigenvalue weighted by molar-refractivity contribution is -0.151. The Morgan fingerprint density at radius 2 is 2.05 bits per heavy atom. The van der Waals surface area contributed by atoms with Crippen molar-refractivity contribution in [1.82, 2.24) is 10.2 Å². The third-order valence-corrected chi connectivity index (χ3v) is 5.04. The highest BCUT2D eigenvalue weighted by Crippen LogP contribution is 2.41. The normalized spacial score (nSPS) is 30.8. The summed E-state index contributed by atoms with van der Waals surface area (Å²) in [5.41, 5.74) is -0.488. The largest absolute Gasteiger partial charge is 0.468 e. The number of methoxy groups -OCH3 is 1. The predicted octanol–water partition coefficient (Wildman–Crippen LogP) is 2.04. The van der Waals surface area contributed by atoms with Crippen molar-refractivity contribution < 1.29 is 9.53 Å². The van der Waals surface area contributed by atoms with Crippen LogP contribution < -0.4 is 5.32 Å². The molecule has 1 saturated heterocycles. The predicted molar refractivity (Wildman–Crippen MR) is 80.6 cm³/mol. The molecule has 4 heteroatoms. The Kier molecular flexibility index (Phi) is 5.08. The topological polar surface area (TPSA) is 41.6 Å². The molecule has 0 bridgehead atoms. The van der Waals surface area contributed by atoms with Crippen molar-refractivity contribution in [2.75, 3.05) is 26.7 Å². The van der Waals surface area contributed by atoms with Gasteiger partial charge >= 0.3 is 5.97 Å². The number of likely N-dealkylation sites (N-methyl/N-ethyl adjacent to an activating group) is 1. The second kappa shape index (κ2) is 6.44. The van der Waals surface area contributed by atoms with Gasteiger partial charge in [-0.2, -0.15) is 0 Å². The SMILES string of the molecule is CCNC(CN1CCC(C)CC1C)(C(=O)OC)C1CC1. The number of piperidine rings is 1. The van der Waals surface area contributed by atoms with E-state index in [2.05, 4.69) is 31.0 Å². The van der Waals surface area contributed by atoms with Gasteiger partial charge in [-0.3, -0.25) is 4.90 Å². The van der Waals surface area contributed by atoms with Gasteiger partial charge in [-0.1, -0.05) is 13.8 Å². The summed E-state index contributed by atoms with van der Waals surface area (Å²) in [7, 11) is 1.51. The second-order valence-corrected chi connectivity index (χ2v) is 6.72. The average molecular weight is 282 g/mol. The first-order valence-electron chi connectivity index (χ1n) is 8.11. The number of rotatable bonds is 6. The fourth-order valence-corrected chi connectivity index (χ4v) is 3.72. The third-order valence-electron chi connectivity index (χ3n) is 5.04. The van der Waals surface area contributed by atoms with Crippen LogP contribution in [-0.2, 0) is 9.53 Å². The molecule has 2 fully saturated rings. The zero-order valence-corrected chi connectivity index (χ0v) is 13.4. The molecular formula is C16H30N2O2. The summed E-state index contributed by atoms with van der Waals surface area (Å²) in [6.45, 7) is 9.39. The molecule has 0 aromatic heterocycles. The number of esters is 1. The van der Waals surface area contributed by atoms with Gasteiger partial charge in [-0.05, 0) is 57.5 Å². The minimum atomic E-state index is -0.488. The highest BCUT2D eigenvalue weighted by atomic mass is 16.5. The molecule has 1 N–H and O–H groups in total. The fourth-order valence-electron chi connectivity index (χ4n) is 3.72. The van der Waals surface area contributed by atoms with E-state index in [0.29, 0.717) is 12.0 Å². The van der Waals surface area contributed by atoms with Gasteiger partial charge < -0.3 is 10.1 Å². The molecule has 0 amide bonds. The number of likely N-dealkylation sites (tertiary alicyclic amines) is 1. The minimum absolute atomic E-state index is 0.0762. The molecule has 2 rings (SSSR count). The number of carbonyl (C=O) groups excluding carboxylic acids is 1. The Labute approximate surface area is 123 Å². The molecular weight excluding hydrogens is 252 g/mol. The van der Waals surface area contributed by atoms with Gasteiger partial charge in [0.15, 0.2) is 0 Å². The molecule has 3 atom stereocenters. The average Bonchev–Trinajstić information content (AvgIpc) is 3.25. The summed E-state index contributed by atoms with van der Waals surface area (Å²) in [6, 6.07) is 0.556. The summed E-state index contributed by atoms with van der Waals surface area (Å²) in [4.78, 5) is 14.9. The highest BCUT2D eigenvalue weighted by molar-refractivity contribution is 5.82. The van der Waals surface area contributed by atoms with Gasteiger partial charge in [-0.15, -0.1) is 0 Å². The molecule has 1 aliphatic carbocycles. The van der Waals surface area contributed by atoms with Crippen molar-refractivity contribution in [2.45, 2.75) is 58.0 Å². The molecule has 2 aliphatic rings. The molecule has 1 aliphatic heterocycles. The maximum absolute atomic E-state index is 12.4. The summed E-state index contributed by atoms with van der Waals surface area (Å²) < 4.78 is 5.14. The van der Waals surface area contributed by atoms with Crippen LogP contribution in [0.4, 0.5) is 0 Å². The van der Waals surface area contributed by atoms with Crippen LogP contribution in [0, 0.1) is 11.8 Å². The van der Waals surface area contributed by atoms with Gasteiger partial charge in [0, 0.05) is 12.6 Å². The van der Waals surface area contributed by atoms with Gasteiger partial charge in [0.1, 0.15) is 5.54 Å². The van der Waals surface area contributed by atoms with E-state index in [1.165, 1.54) is 20.0 Å². The summed E-state index contributed by atoms with van der Waals surface area (Å²) in [5.74, 6) is 1.17. The van der Waals surface area contributed by atoms with Crippen LogP contribution in [0.15, 0.2) is 0 Å². The summed E-state index contributed by atoms with van der Waals surface area (Å²) >= 11 is 0. The van der Waals surface area contributed by atoms with E-state index in [0.717, 1.165) is 38.4 Å². The van der Waals surface area contributed by atoms with Crippen LogP contribution in [0.25, 0.3) is 0 Å². The fraction of sp³-hybridized carbons (Fsp3) is 0.938. The summed E-state index contributed by atoms with van der Waals surface area (Å²) in [6.07, 6.45) is 4.74.